The lowest BCUT2D eigenvalue weighted by atomic mass is 10.1. The van der Waals surface area contributed by atoms with Gasteiger partial charge in [0.2, 0.25) is 0 Å². The van der Waals surface area contributed by atoms with Gasteiger partial charge in [-0.05, 0) is 39.3 Å². The molecule has 1 aliphatic heterocycles. The summed E-state index contributed by atoms with van der Waals surface area (Å²) in [5.41, 5.74) is 9.73. The van der Waals surface area contributed by atoms with E-state index in [1.807, 2.05) is 0 Å². The van der Waals surface area contributed by atoms with Crippen LogP contribution in [0.2, 0.25) is 0 Å². The summed E-state index contributed by atoms with van der Waals surface area (Å²) in [5, 5.41) is 37.7. The first-order valence-electron chi connectivity index (χ1n) is 8.58. The highest BCUT2D eigenvalue weighted by Gasteiger charge is 2.20. The Kier molecular flexibility index (Phi) is 19.7. The molecule has 28 heavy (non-hydrogen) atoms. The smallest absolute Gasteiger partial charge is 0.320 e. The molecule has 1 saturated heterocycles. The van der Waals surface area contributed by atoms with E-state index in [0.717, 1.165) is 19.4 Å². The number of rotatable bonds is 6. The minimum atomic E-state index is -0.968. The first-order valence-corrected chi connectivity index (χ1v) is 8.58. The highest BCUT2D eigenvalue weighted by Crippen LogP contribution is 2.03. The summed E-state index contributed by atoms with van der Waals surface area (Å²) < 4.78 is 0. The Morgan fingerprint density at radius 1 is 1.07 bits per heavy atom. The summed E-state index contributed by atoms with van der Waals surface area (Å²) in [6.07, 6.45) is 1.78. The maximum atomic E-state index is 10.1. The molecule has 0 bridgehead atoms. The maximum Gasteiger partial charge on any atom is 0.320 e. The van der Waals surface area contributed by atoms with Gasteiger partial charge in [0.05, 0.1) is 6.54 Å². The van der Waals surface area contributed by atoms with Crippen molar-refractivity contribution in [1.82, 2.24) is 10.6 Å². The summed E-state index contributed by atoms with van der Waals surface area (Å²) >= 11 is 0. The summed E-state index contributed by atoms with van der Waals surface area (Å²) in [4.78, 5) is 39.3. The van der Waals surface area contributed by atoms with Crippen molar-refractivity contribution in [3.8, 4) is 0 Å². The highest BCUT2D eigenvalue weighted by atomic mass is 16.4. The van der Waals surface area contributed by atoms with E-state index in [2.05, 4.69) is 16.4 Å². The van der Waals surface area contributed by atoms with Crippen molar-refractivity contribution >= 4 is 23.9 Å². The predicted octanol–water partition coefficient (Wildman–Crippen LogP) is -1.41. The fourth-order valence-corrected chi connectivity index (χ4v) is 1.30. The van der Waals surface area contributed by atoms with Gasteiger partial charge in [0.1, 0.15) is 18.1 Å². The zero-order chi connectivity index (χ0) is 22.9. The Morgan fingerprint density at radius 2 is 1.54 bits per heavy atom. The number of nitrogens with one attached hydrogen (secondary N) is 2. The molecule has 1 heterocycles. The van der Waals surface area contributed by atoms with Gasteiger partial charge in [0, 0.05) is 0 Å². The van der Waals surface area contributed by atoms with Gasteiger partial charge in [0.15, 0.2) is 0 Å². The minimum absolute atomic E-state index is 0.0208. The third-order valence-corrected chi connectivity index (χ3v) is 3.34. The van der Waals surface area contributed by atoms with Crippen molar-refractivity contribution in [3.63, 3.8) is 0 Å². The third-order valence-electron chi connectivity index (χ3n) is 3.34. The molecule has 1 aliphatic rings. The number of aliphatic carboxylic acids is 4. The molecular formula is C16H34N4O8. The molecule has 1 fully saturated rings. The van der Waals surface area contributed by atoms with Crippen molar-refractivity contribution in [3.05, 3.63) is 0 Å². The lowest BCUT2D eigenvalue weighted by Gasteiger charge is -2.07. The largest absolute Gasteiger partial charge is 0.480 e. The molecule has 12 heteroatoms. The van der Waals surface area contributed by atoms with Gasteiger partial charge in [-0.3, -0.25) is 19.2 Å². The van der Waals surface area contributed by atoms with Gasteiger partial charge >= 0.3 is 23.9 Å². The Labute approximate surface area is 164 Å². The number of carbonyl (C=O) groups is 4. The zero-order valence-corrected chi connectivity index (χ0v) is 16.7. The zero-order valence-electron chi connectivity index (χ0n) is 16.7. The second kappa shape index (κ2) is 18.1. The standard InChI is InChI=1S/C5H9NO2.C5H11NO2.C4H9NO2.C2H5NO2/c7-5(8)4-2-1-3-6-4;1-3(2)4(6)5(7)8;1-3(5-2)4(6)7;3-1-2(4)5/h4,6H,1-3H2,(H,7,8);3-4H,6H2,1-2H3,(H,7,8);3,5H,1-2H3,(H,6,7);1,3H2,(H,4,5)/t;;3-;/m..0./s1. The van der Waals surface area contributed by atoms with Crippen LogP contribution in [0, 0.1) is 5.92 Å². The molecule has 10 N–H and O–H groups in total. The molecule has 0 aromatic rings. The van der Waals surface area contributed by atoms with Crippen molar-refractivity contribution in [2.45, 2.75) is 51.7 Å². The molecule has 0 aliphatic carbocycles. The lowest BCUT2D eigenvalue weighted by Crippen LogP contribution is -2.34. The molecule has 3 atom stereocenters. The Bertz CT molecular complexity index is 456. The van der Waals surface area contributed by atoms with Crippen LogP contribution in [0.5, 0.6) is 0 Å². The fraction of sp³-hybridized carbons (Fsp3) is 0.750. The van der Waals surface area contributed by atoms with E-state index in [0.29, 0.717) is 0 Å². The second-order valence-corrected chi connectivity index (χ2v) is 6.04. The molecule has 166 valence electrons. The van der Waals surface area contributed by atoms with Crippen LogP contribution in [0.25, 0.3) is 0 Å². The van der Waals surface area contributed by atoms with Crippen LogP contribution < -0.4 is 22.1 Å². The third kappa shape index (κ3) is 20.0. The van der Waals surface area contributed by atoms with Crippen LogP contribution in [0.15, 0.2) is 0 Å². The molecule has 0 saturated carbocycles. The quantitative estimate of drug-likeness (QED) is 0.252. The number of likely N-dealkylation sites (N-methyl/N-ethyl adjacent to an activating group) is 1. The first-order chi connectivity index (χ1) is 12.8. The average molecular weight is 410 g/mol. The van der Waals surface area contributed by atoms with Crippen molar-refractivity contribution < 1.29 is 39.6 Å². The van der Waals surface area contributed by atoms with E-state index in [1.54, 1.807) is 27.8 Å². The van der Waals surface area contributed by atoms with Gasteiger partial charge in [-0.15, -0.1) is 0 Å². The number of hydrogen-bond donors (Lipinski definition) is 8. The number of hydrogen-bond acceptors (Lipinski definition) is 8. The molecule has 0 aromatic heterocycles. The van der Waals surface area contributed by atoms with Crippen LogP contribution in [-0.2, 0) is 19.2 Å². The fourth-order valence-electron chi connectivity index (χ4n) is 1.30. The number of carboxylic acids is 4. The number of carboxylic acid groups (broad SMARTS) is 4. The first kappa shape index (κ1) is 30.4. The Morgan fingerprint density at radius 3 is 1.61 bits per heavy atom. The molecule has 0 spiro atoms. The van der Waals surface area contributed by atoms with Gasteiger partial charge in [-0.2, -0.15) is 0 Å². The van der Waals surface area contributed by atoms with Crippen LogP contribution >= 0.6 is 0 Å². The molecule has 0 amide bonds. The van der Waals surface area contributed by atoms with Crippen LogP contribution in [0.4, 0.5) is 0 Å². The van der Waals surface area contributed by atoms with Crippen molar-refractivity contribution in [2.24, 2.45) is 17.4 Å². The molecule has 0 radical (unpaired) electrons. The molecule has 2 unspecified atom stereocenters. The van der Waals surface area contributed by atoms with E-state index in [-0.39, 0.29) is 18.5 Å². The van der Waals surface area contributed by atoms with Crippen molar-refractivity contribution in [2.75, 3.05) is 20.1 Å². The van der Waals surface area contributed by atoms with E-state index in [1.165, 1.54) is 0 Å². The number of nitrogens with two attached hydrogens (primary N) is 2. The Balaban J connectivity index is -0.000000302. The summed E-state index contributed by atoms with van der Waals surface area (Å²) in [6.45, 7) is 5.72. The summed E-state index contributed by atoms with van der Waals surface area (Å²) in [7, 11) is 1.61. The van der Waals surface area contributed by atoms with Crippen LogP contribution in [0.1, 0.15) is 33.6 Å². The van der Waals surface area contributed by atoms with Crippen LogP contribution in [0.3, 0.4) is 0 Å². The monoisotopic (exact) mass is 410 g/mol. The average Bonchev–Trinajstić information content (AvgIpc) is 3.16. The van der Waals surface area contributed by atoms with Gasteiger partial charge < -0.3 is 42.5 Å². The van der Waals surface area contributed by atoms with E-state index in [4.69, 9.17) is 26.2 Å². The predicted molar refractivity (Wildman–Crippen MR) is 102 cm³/mol. The summed E-state index contributed by atoms with van der Waals surface area (Å²) in [6, 6.07) is -1.41. The normalized spacial score (nSPS) is 16.8. The molecule has 12 nitrogen and oxygen atoms in total. The minimum Gasteiger partial charge on any atom is -0.480 e. The Hall–Kier alpha value is -2.28. The summed E-state index contributed by atoms with van der Waals surface area (Å²) in [5.74, 6) is -3.41. The van der Waals surface area contributed by atoms with Gasteiger partial charge in [-0.25, -0.2) is 0 Å². The second-order valence-electron chi connectivity index (χ2n) is 6.04. The molecule has 1 rings (SSSR count). The highest BCUT2D eigenvalue weighted by molar-refractivity contribution is 5.74. The maximum absolute atomic E-state index is 10.1. The van der Waals surface area contributed by atoms with E-state index >= 15 is 0 Å². The van der Waals surface area contributed by atoms with Gasteiger partial charge in [-0.1, -0.05) is 13.8 Å². The van der Waals surface area contributed by atoms with E-state index < -0.39 is 36.0 Å². The SMILES string of the molecule is CC(C)C(N)C(=O)O.CN[C@@H](C)C(=O)O.NCC(=O)O.O=C(O)C1CCCN1. The van der Waals surface area contributed by atoms with E-state index in [9.17, 15) is 19.2 Å². The lowest BCUT2D eigenvalue weighted by molar-refractivity contribution is -0.140. The molecular weight excluding hydrogens is 376 g/mol. The topological polar surface area (TPSA) is 225 Å². The van der Waals surface area contributed by atoms with Crippen molar-refractivity contribution in [1.29, 1.82) is 0 Å². The molecule has 0 aromatic carbocycles. The van der Waals surface area contributed by atoms with Crippen LogP contribution in [-0.4, -0.2) is 82.6 Å². The van der Waals surface area contributed by atoms with Gasteiger partial charge in [0.25, 0.3) is 0 Å².